The minimum atomic E-state index is -0.463. The summed E-state index contributed by atoms with van der Waals surface area (Å²) in [6, 6.07) is 18.8. The van der Waals surface area contributed by atoms with Crippen molar-refractivity contribution in [2.75, 3.05) is 12.0 Å². The Morgan fingerprint density at radius 1 is 1.17 bits per heavy atom. The highest BCUT2D eigenvalue weighted by Crippen LogP contribution is 2.35. The van der Waals surface area contributed by atoms with Crippen LogP contribution >= 0.6 is 12.6 Å². The SMILES string of the molecule is COc1ccc(C2NC(=O)C(C#N)=C(S)N2c2ccccc2)cc1. The summed E-state index contributed by atoms with van der Waals surface area (Å²) in [6.45, 7) is 0. The van der Waals surface area contributed by atoms with Crippen LogP contribution in [0, 0.1) is 11.3 Å². The third-order valence-electron chi connectivity index (χ3n) is 3.78. The number of rotatable bonds is 3. The predicted molar refractivity (Wildman–Crippen MR) is 94.4 cm³/mol. The van der Waals surface area contributed by atoms with Crippen molar-refractivity contribution in [3.05, 3.63) is 70.8 Å². The van der Waals surface area contributed by atoms with E-state index in [9.17, 15) is 10.1 Å². The molecule has 0 aromatic heterocycles. The van der Waals surface area contributed by atoms with Crippen LogP contribution < -0.4 is 15.0 Å². The molecule has 1 aliphatic rings. The van der Waals surface area contributed by atoms with Crippen molar-refractivity contribution >= 4 is 24.2 Å². The number of thiol groups is 1. The molecule has 0 aliphatic carbocycles. The third kappa shape index (κ3) is 2.82. The van der Waals surface area contributed by atoms with E-state index in [-0.39, 0.29) is 5.57 Å². The number of nitrogens with one attached hydrogen (secondary N) is 1. The first-order chi connectivity index (χ1) is 11.7. The molecule has 1 N–H and O–H groups in total. The molecule has 0 saturated heterocycles. The van der Waals surface area contributed by atoms with Crippen LogP contribution in [-0.2, 0) is 4.79 Å². The molecule has 0 radical (unpaired) electrons. The van der Waals surface area contributed by atoms with Gasteiger partial charge in [0.1, 0.15) is 23.6 Å². The Morgan fingerprint density at radius 3 is 2.42 bits per heavy atom. The number of nitriles is 1. The van der Waals surface area contributed by atoms with E-state index in [4.69, 9.17) is 4.74 Å². The molecular weight excluding hydrogens is 322 g/mol. The first-order valence-electron chi connectivity index (χ1n) is 7.28. The molecule has 5 nitrogen and oxygen atoms in total. The Balaban J connectivity index is 2.11. The molecule has 1 aliphatic heterocycles. The van der Waals surface area contributed by atoms with Gasteiger partial charge in [-0.3, -0.25) is 4.79 Å². The smallest absolute Gasteiger partial charge is 0.266 e. The van der Waals surface area contributed by atoms with E-state index in [1.165, 1.54) is 0 Å². The van der Waals surface area contributed by atoms with Crippen molar-refractivity contribution in [1.29, 1.82) is 5.26 Å². The van der Waals surface area contributed by atoms with E-state index in [2.05, 4.69) is 17.9 Å². The molecule has 120 valence electrons. The molecule has 2 aromatic carbocycles. The maximum atomic E-state index is 12.2. The number of amides is 1. The van der Waals surface area contributed by atoms with Gasteiger partial charge in [-0.15, -0.1) is 12.6 Å². The van der Waals surface area contributed by atoms with Crippen LogP contribution in [0.25, 0.3) is 0 Å². The predicted octanol–water partition coefficient (Wildman–Crippen LogP) is 3.00. The normalized spacial score (nSPS) is 17.3. The number of para-hydroxylation sites is 1. The van der Waals surface area contributed by atoms with Crippen molar-refractivity contribution in [1.82, 2.24) is 5.32 Å². The third-order valence-corrected chi connectivity index (χ3v) is 4.22. The first-order valence-corrected chi connectivity index (χ1v) is 7.73. The number of hydrogen-bond donors (Lipinski definition) is 2. The van der Waals surface area contributed by atoms with Crippen LogP contribution in [-0.4, -0.2) is 13.0 Å². The lowest BCUT2D eigenvalue weighted by Gasteiger charge is -2.38. The zero-order valence-corrected chi connectivity index (χ0v) is 13.8. The molecule has 1 heterocycles. The quantitative estimate of drug-likeness (QED) is 0.845. The van der Waals surface area contributed by atoms with Gasteiger partial charge in [0.2, 0.25) is 0 Å². The highest BCUT2D eigenvalue weighted by molar-refractivity contribution is 7.84. The summed E-state index contributed by atoms with van der Waals surface area (Å²) >= 11 is 4.45. The standard InChI is InChI=1S/C18H15N3O2S/c1-23-14-9-7-12(8-10-14)16-20-17(22)15(11-19)18(24)21(16)13-5-3-2-4-6-13/h2-10,16,24H,1H3,(H,20,22). The van der Waals surface area contributed by atoms with Crippen LogP contribution in [0.1, 0.15) is 11.7 Å². The van der Waals surface area contributed by atoms with Gasteiger partial charge in [0, 0.05) is 5.69 Å². The molecule has 6 heteroatoms. The van der Waals surface area contributed by atoms with Gasteiger partial charge in [0.25, 0.3) is 5.91 Å². The fraction of sp³-hybridized carbons (Fsp3) is 0.111. The zero-order chi connectivity index (χ0) is 17.1. The number of benzene rings is 2. The monoisotopic (exact) mass is 337 g/mol. The Hall–Kier alpha value is -2.91. The van der Waals surface area contributed by atoms with E-state index in [1.54, 1.807) is 7.11 Å². The fourth-order valence-corrected chi connectivity index (χ4v) is 2.97. The van der Waals surface area contributed by atoms with Crippen molar-refractivity contribution in [3.8, 4) is 11.8 Å². The van der Waals surface area contributed by atoms with Crippen LogP contribution in [0.5, 0.6) is 5.75 Å². The molecule has 24 heavy (non-hydrogen) atoms. The van der Waals surface area contributed by atoms with Gasteiger partial charge in [-0.1, -0.05) is 30.3 Å². The number of carbonyl (C=O) groups excluding carboxylic acids is 1. The van der Waals surface area contributed by atoms with Crippen LogP contribution in [0.4, 0.5) is 5.69 Å². The summed E-state index contributed by atoms with van der Waals surface area (Å²) in [5.74, 6) is 0.294. The van der Waals surface area contributed by atoms with Crippen molar-refractivity contribution in [2.45, 2.75) is 6.17 Å². The molecule has 1 unspecified atom stereocenters. The summed E-state index contributed by atoms with van der Waals surface area (Å²) in [6.07, 6.45) is -0.463. The molecule has 1 atom stereocenters. The van der Waals surface area contributed by atoms with Gasteiger partial charge >= 0.3 is 0 Å². The van der Waals surface area contributed by atoms with Crippen LogP contribution in [0.15, 0.2) is 65.2 Å². The number of ether oxygens (including phenoxy) is 1. The number of hydrogen-bond acceptors (Lipinski definition) is 5. The zero-order valence-electron chi connectivity index (χ0n) is 12.9. The lowest BCUT2D eigenvalue weighted by Crippen LogP contribution is -2.46. The summed E-state index contributed by atoms with van der Waals surface area (Å²) in [5.41, 5.74) is 1.68. The van der Waals surface area contributed by atoms with Gasteiger partial charge in [0.15, 0.2) is 0 Å². The first kappa shape index (κ1) is 16.0. The lowest BCUT2D eigenvalue weighted by atomic mass is 10.1. The van der Waals surface area contributed by atoms with E-state index < -0.39 is 12.1 Å². The highest BCUT2D eigenvalue weighted by atomic mass is 32.1. The van der Waals surface area contributed by atoms with Gasteiger partial charge in [-0.2, -0.15) is 5.26 Å². The summed E-state index contributed by atoms with van der Waals surface area (Å²) < 4.78 is 5.18. The second-order valence-electron chi connectivity index (χ2n) is 5.17. The number of anilines is 1. The topological polar surface area (TPSA) is 65.4 Å². The fourth-order valence-electron chi connectivity index (χ4n) is 2.58. The minimum Gasteiger partial charge on any atom is -0.497 e. The summed E-state index contributed by atoms with van der Waals surface area (Å²) in [7, 11) is 1.60. The largest absolute Gasteiger partial charge is 0.497 e. The number of nitrogens with zero attached hydrogens (tertiary/aromatic N) is 2. The Labute approximate surface area is 145 Å². The van der Waals surface area contributed by atoms with Gasteiger partial charge in [-0.25, -0.2) is 0 Å². The average Bonchev–Trinajstić information content (AvgIpc) is 2.62. The molecule has 0 bridgehead atoms. The Morgan fingerprint density at radius 2 is 1.83 bits per heavy atom. The maximum Gasteiger partial charge on any atom is 0.266 e. The molecule has 0 fully saturated rings. The molecule has 3 rings (SSSR count). The Bertz CT molecular complexity index is 826. The molecule has 0 spiro atoms. The van der Waals surface area contributed by atoms with Crippen LogP contribution in [0.2, 0.25) is 0 Å². The Kier molecular flexibility index (Phi) is 4.45. The highest BCUT2D eigenvalue weighted by Gasteiger charge is 2.33. The maximum absolute atomic E-state index is 12.2. The van der Waals surface area contributed by atoms with Crippen molar-refractivity contribution < 1.29 is 9.53 Å². The summed E-state index contributed by atoms with van der Waals surface area (Å²) in [4.78, 5) is 14.1. The van der Waals surface area contributed by atoms with E-state index in [1.807, 2.05) is 65.6 Å². The lowest BCUT2D eigenvalue weighted by molar-refractivity contribution is -0.118. The molecule has 0 saturated carbocycles. The van der Waals surface area contributed by atoms with Crippen LogP contribution in [0.3, 0.4) is 0 Å². The molecular formula is C18H15N3O2S. The molecule has 1 amide bonds. The van der Waals surface area contributed by atoms with Gasteiger partial charge in [0.05, 0.1) is 12.1 Å². The number of carbonyl (C=O) groups is 1. The van der Waals surface area contributed by atoms with E-state index >= 15 is 0 Å². The molecule has 2 aromatic rings. The van der Waals surface area contributed by atoms with Crippen molar-refractivity contribution in [3.63, 3.8) is 0 Å². The minimum absolute atomic E-state index is 0.00746. The van der Waals surface area contributed by atoms with Crippen molar-refractivity contribution in [2.24, 2.45) is 0 Å². The van der Waals surface area contributed by atoms with Gasteiger partial charge < -0.3 is 15.0 Å². The number of methoxy groups -OCH3 is 1. The summed E-state index contributed by atoms with van der Waals surface area (Å²) in [5, 5.41) is 12.5. The van der Waals surface area contributed by atoms with Gasteiger partial charge in [-0.05, 0) is 29.8 Å². The second kappa shape index (κ2) is 6.69. The van der Waals surface area contributed by atoms with E-state index in [0.717, 1.165) is 17.0 Å². The average molecular weight is 337 g/mol. The second-order valence-corrected chi connectivity index (χ2v) is 5.59. The van der Waals surface area contributed by atoms with E-state index in [0.29, 0.717) is 5.03 Å².